The summed E-state index contributed by atoms with van der Waals surface area (Å²) < 4.78 is 27.9. The Morgan fingerprint density at radius 3 is 1.64 bits per heavy atom. The van der Waals surface area contributed by atoms with Gasteiger partial charge in [-0.05, 0) is 39.8 Å². The third-order valence-electron chi connectivity index (χ3n) is 3.04. The molecule has 0 saturated carbocycles. The van der Waals surface area contributed by atoms with Crippen LogP contribution in [0.5, 0.6) is 5.75 Å². The summed E-state index contributed by atoms with van der Waals surface area (Å²) in [4.78, 5) is 27.5. The first-order valence-electron chi connectivity index (χ1n) is 7.67. The zero-order chi connectivity index (χ0) is 22.2. The molecule has 1 aromatic rings. The second kappa shape index (κ2) is 19.5. The summed E-state index contributed by atoms with van der Waals surface area (Å²) in [7, 11) is 3.32. The van der Waals surface area contributed by atoms with E-state index in [9.17, 15) is 9.59 Å². The molecule has 0 aliphatic rings. The normalized spacial score (nSPS) is 8.21. The minimum Gasteiger partial charge on any atom is 0 e. The Labute approximate surface area is 177 Å². The number of benzene rings is 1. The van der Waals surface area contributed by atoms with E-state index >= 15 is 0 Å². The van der Waals surface area contributed by atoms with E-state index < -0.39 is 6.09 Å². The van der Waals surface area contributed by atoms with Crippen LogP contribution >= 0.6 is 0 Å². The van der Waals surface area contributed by atoms with Crippen LogP contribution in [0.25, 0.3) is 0 Å². The molecule has 152 valence electrons. The molecule has 0 saturated heterocycles. The summed E-state index contributed by atoms with van der Waals surface area (Å²) in [6.07, 6.45) is -0.445. The molecule has 0 fully saturated rings. The van der Waals surface area contributed by atoms with Gasteiger partial charge in [-0.1, -0.05) is 12.1 Å². The average Bonchev–Trinajstić information content (AvgIpc) is 2.65. The summed E-state index contributed by atoms with van der Waals surface area (Å²) in [5, 5.41) is 0. The first-order valence-corrected chi connectivity index (χ1v) is 7.67. The van der Waals surface area contributed by atoms with Crippen molar-refractivity contribution in [2.75, 3.05) is 14.1 Å². The number of nitrogens with zero attached hydrogens (tertiary/aromatic N) is 2. The van der Waals surface area contributed by atoms with Crippen molar-refractivity contribution < 1.29 is 45.6 Å². The summed E-state index contributed by atoms with van der Waals surface area (Å²) in [5.74, 6) is 0.0894. The van der Waals surface area contributed by atoms with Gasteiger partial charge in [-0.25, -0.2) is 4.79 Å². The number of amides is 2. The molecule has 2 amide bonds. The van der Waals surface area contributed by atoms with Crippen molar-refractivity contribution in [3.05, 3.63) is 49.8 Å². The van der Waals surface area contributed by atoms with Gasteiger partial charge < -0.3 is 14.5 Å². The number of hydrogen-bond donors (Lipinski definition) is 0. The van der Waals surface area contributed by atoms with Gasteiger partial charge in [0.15, 0.2) is 0 Å². The van der Waals surface area contributed by atoms with Crippen LogP contribution in [0.15, 0.2) is 24.3 Å². The largest absolute Gasteiger partial charge is 0 e. The van der Waals surface area contributed by atoms with Crippen LogP contribution in [0, 0.1) is 20.0 Å². The Morgan fingerprint density at radius 1 is 0.893 bits per heavy atom. The van der Waals surface area contributed by atoms with E-state index in [4.69, 9.17) is 18.7 Å². The van der Waals surface area contributed by atoms with Gasteiger partial charge in [-0.3, -0.25) is 4.79 Å². The fraction of sp³-hybridized carbons (Fsp3) is 0.421. The summed E-state index contributed by atoms with van der Waals surface area (Å²) >= 11 is 0. The van der Waals surface area contributed by atoms with E-state index in [0.717, 1.165) is 0 Å². The second-order valence-electron chi connectivity index (χ2n) is 5.66. The molecule has 9 heteroatoms. The maximum Gasteiger partial charge on any atom is 0 e. The molecule has 0 aliphatic heterocycles. The van der Waals surface area contributed by atoms with Crippen molar-refractivity contribution >= 4 is 12.0 Å². The molecule has 0 spiro atoms. The quantitative estimate of drug-likeness (QED) is 0.543. The first kappa shape index (κ1) is 33.3. The Kier molecular flexibility index (Phi) is 23.2. The van der Waals surface area contributed by atoms with Crippen LogP contribution in [0.2, 0.25) is 0 Å². The van der Waals surface area contributed by atoms with Gasteiger partial charge in [0, 0.05) is 43.5 Å². The summed E-state index contributed by atoms with van der Waals surface area (Å²) in [5.41, 5.74) is 0.378. The molecule has 0 atom stereocenters. The molecule has 0 bridgehead atoms. The van der Waals surface area contributed by atoms with Crippen LogP contribution in [0.1, 0.15) is 38.1 Å². The van der Waals surface area contributed by atoms with Crippen molar-refractivity contribution in [3.8, 4) is 5.75 Å². The smallest absolute Gasteiger partial charge is 0 e. The van der Waals surface area contributed by atoms with E-state index in [2.05, 4.69) is 20.0 Å². The van der Waals surface area contributed by atoms with Crippen LogP contribution in [0.4, 0.5) is 4.79 Å². The van der Waals surface area contributed by atoms with Crippen molar-refractivity contribution in [1.29, 1.82) is 0 Å². The first-order chi connectivity index (χ1) is 12.8. The number of carbonyl (C=O) groups excluding carboxylic acids is 2. The van der Waals surface area contributed by atoms with Gasteiger partial charge in [0.05, 0.1) is 5.56 Å². The zero-order valence-electron chi connectivity index (χ0n) is 16.7. The molecule has 0 N–H and O–H groups in total. The van der Waals surface area contributed by atoms with Crippen LogP contribution in [0.3, 0.4) is 0 Å². The van der Waals surface area contributed by atoms with Crippen molar-refractivity contribution in [3.63, 3.8) is 0 Å². The Balaban J connectivity index is -0.000000374. The predicted molar refractivity (Wildman–Crippen MR) is 94.4 cm³/mol. The average molecular weight is 428 g/mol. The number of carbonyl (C=O) groups is 2. The van der Waals surface area contributed by atoms with Crippen molar-refractivity contribution in [1.82, 2.24) is 9.80 Å². The van der Waals surface area contributed by atoms with Gasteiger partial charge in [-0.15, -0.1) is 0 Å². The van der Waals surface area contributed by atoms with E-state index in [0.29, 0.717) is 5.56 Å². The van der Waals surface area contributed by atoms with E-state index in [1.807, 2.05) is 27.7 Å². The number of ether oxygens (including phenoxy) is 1. The molecule has 0 heterocycles. The third kappa shape index (κ3) is 11.4. The summed E-state index contributed by atoms with van der Waals surface area (Å²) in [6.45, 7) is 21.2. The van der Waals surface area contributed by atoms with Crippen LogP contribution < -0.4 is 4.74 Å². The van der Waals surface area contributed by atoms with Crippen molar-refractivity contribution in [2.24, 2.45) is 0 Å². The van der Waals surface area contributed by atoms with Crippen molar-refractivity contribution in [2.45, 2.75) is 39.8 Å². The molecular formula is C19H24CrN2O6. The number of para-hydroxylation sites is 1. The minimum atomic E-state index is -0.445. The van der Waals surface area contributed by atoms with E-state index in [1.54, 1.807) is 43.3 Å². The topological polar surface area (TPSA) is 110 Å². The van der Waals surface area contributed by atoms with Crippen LogP contribution in [-0.4, -0.2) is 48.0 Å². The monoisotopic (exact) mass is 428 g/mol. The Bertz CT molecular complexity index is 617. The molecular weight excluding hydrogens is 404 g/mol. The fourth-order valence-electron chi connectivity index (χ4n) is 2.14. The molecule has 0 aliphatic carbocycles. The third-order valence-corrected chi connectivity index (χ3v) is 3.04. The summed E-state index contributed by atoms with van der Waals surface area (Å²) in [6, 6.07) is 6.82. The van der Waals surface area contributed by atoms with Gasteiger partial charge in [0.2, 0.25) is 0 Å². The molecule has 0 radical (unpaired) electrons. The predicted octanol–water partition coefficient (Wildman–Crippen LogP) is 2.89. The Morgan fingerprint density at radius 2 is 1.29 bits per heavy atom. The van der Waals surface area contributed by atoms with Gasteiger partial charge in [0.25, 0.3) is 5.91 Å². The van der Waals surface area contributed by atoms with Gasteiger partial charge >= 0.3 is 40.0 Å². The Hall–Kier alpha value is -2.29. The van der Waals surface area contributed by atoms with Gasteiger partial charge in [0.1, 0.15) is 5.75 Å². The minimum absolute atomic E-state index is 0. The molecule has 0 unspecified atom stereocenters. The molecule has 28 heavy (non-hydrogen) atoms. The van der Waals surface area contributed by atoms with E-state index in [-0.39, 0.29) is 41.1 Å². The number of rotatable bonds is 4. The SMILES string of the molecule is CC(C)N(C(=O)Oc1ccccc1C(=O)N(C)C)C(C)C.[C-]#[O+].[C-]#[O+].[C-]#[O+].[Cr]. The number of hydrogen-bond acceptors (Lipinski definition) is 3. The molecule has 1 aromatic carbocycles. The fourth-order valence-corrected chi connectivity index (χ4v) is 2.14. The zero-order valence-corrected chi connectivity index (χ0v) is 18.0. The standard InChI is InChI=1S/C16H24N2O3.3CO.Cr/c1-11(2)18(12(3)4)16(20)21-14-10-8-7-9-13(14)15(19)17(5)6;3*1-2;/h7-12H,1-6H3;;;;. The maximum absolute atomic E-state index is 12.3. The molecule has 8 nitrogen and oxygen atoms in total. The molecule has 1 rings (SSSR count). The van der Waals surface area contributed by atoms with Crippen LogP contribution in [-0.2, 0) is 31.3 Å². The van der Waals surface area contributed by atoms with Gasteiger partial charge in [-0.2, -0.15) is 0 Å². The second-order valence-corrected chi connectivity index (χ2v) is 5.66. The van der Waals surface area contributed by atoms with E-state index in [1.165, 1.54) is 4.90 Å². The maximum atomic E-state index is 12.3. The molecule has 0 aromatic heterocycles.